The number of aliphatic hydroxyl groups excluding tert-OH is 1. The Balaban J connectivity index is 1.27. The van der Waals surface area contributed by atoms with Gasteiger partial charge in [-0.15, -0.1) is 0 Å². The quantitative estimate of drug-likeness (QED) is 0.684. The third kappa shape index (κ3) is 5.61. The van der Waals surface area contributed by atoms with E-state index in [9.17, 15) is 9.90 Å². The number of carbonyl (C=O) groups excluding carboxylic acids is 1. The lowest BCUT2D eigenvalue weighted by atomic mass is 9.90. The molecule has 2 N–H and O–H groups in total. The zero-order chi connectivity index (χ0) is 23.4. The number of hydrogen-bond donors (Lipinski definition) is 2. The van der Waals surface area contributed by atoms with E-state index in [1.165, 1.54) is 0 Å². The SMILES string of the molecule is CN(c1ccc(C#N)c(Cl)c1)C1CCC(NC(=O)c2ccc(N3CCC(O)CC3)cc2)CC1. The molecule has 6 nitrogen and oxygen atoms in total. The molecule has 2 aliphatic rings. The molecule has 0 atom stereocenters. The Hall–Kier alpha value is -2.75. The summed E-state index contributed by atoms with van der Waals surface area (Å²) in [5.41, 5.74) is 3.28. The molecule has 0 radical (unpaired) electrons. The second-order valence-corrected chi connectivity index (χ2v) is 9.54. The maximum atomic E-state index is 12.8. The van der Waals surface area contributed by atoms with Crippen LogP contribution in [0.1, 0.15) is 54.4 Å². The molecule has 0 unspecified atom stereocenters. The van der Waals surface area contributed by atoms with Gasteiger partial charge in [-0.1, -0.05) is 11.6 Å². The van der Waals surface area contributed by atoms with Crippen molar-refractivity contribution in [3.63, 3.8) is 0 Å². The fourth-order valence-corrected chi connectivity index (χ4v) is 5.07. The largest absolute Gasteiger partial charge is 0.393 e. The molecule has 1 aliphatic heterocycles. The van der Waals surface area contributed by atoms with Crippen LogP contribution >= 0.6 is 11.6 Å². The summed E-state index contributed by atoms with van der Waals surface area (Å²) < 4.78 is 0. The monoisotopic (exact) mass is 466 g/mol. The topological polar surface area (TPSA) is 79.6 Å². The fraction of sp³-hybridized carbons (Fsp3) is 0.462. The molecule has 1 saturated carbocycles. The molecule has 33 heavy (non-hydrogen) atoms. The van der Waals surface area contributed by atoms with Crippen molar-refractivity contribution in [2.45, 2.75) is 56.7 Å². The van der Waals surface area contributed by atoms with Gasteiger partial charge in [-0.3, -0.25) is 4.79 Å². The Morgan fingerprint density at radius 1 is 1.09 bits per heavy atom. The predicted octanol–water partition coefficient (Wildman–Crippen LogP) is 4.35. The van der Waals surface area contributed by atoms with E-state index in [4.69, 9.17) is 16.9 Å². The summed E-state index contributed by atoms with van der Waals surface area (Å²) in [5, 5.41) is 22.4. The standard InChI is InChI=1S/C26H31ClN4O2/c1-30(23-9-4-19(17-28)25(27)16-23)21-10-5-20(6-11-21)29-26(33)18-2-7-22(8-3-18)31-14-12-24(32)13-15-31/h2-4,7-9,16,20-21,24,32H,5-6,10-15H2,1H3,(H,29,33). The van der Waals surface area contributed by atoms with Gasteiger partial charge in [0.15, 0.2) is 0 Å². The molecule has 2 fully saturated rings. The van der Waals surface area contributed by atoms with E-state index in [2.05, 4.69) is 28.2 Å². The van der Waals surface area contributed by atoms with Gasteiger partial charge >= 0.3 is 0 Å². The summed E-state index contributed by atoms with van der Waals surface area (Å²) >= 11 is 6.20. The Kier molecular flexibility index (Phi) is 7.42. The molecule has 1 saturated heterocycles. The highest BCUT2D eigenvalue weighted by molar-refractivity contribution is 6.32. The lowest BCUT2D eigenvalue weighted by Crippen LogP contribution is -2.43. The third-order valence-electron chi connectivity index (χ3n) is 7.02. The van der Waals surface area contributed by atoms with Crippen molar-refractivity contribution >= 4 is 28.9 Å². The number of hydrogen-bond acceptors (Lipinski definition) is 5. The minimum Gasteiger partial charge on any atom is -0.393 e. The summed E-state index contributed by atoms with van der Waals surface area (Å²) in [6, 6.07) is 16.0. The molecule has 2 aromatic carbocycles. The van der Waals surface area contributed by atoms with E-state index in [0.717, 1.165) is 63.0 Å². The first-order valence-corrected chi connectivity index (χ1v) is 12.1. The highest BCUT2D eigenvalue weighted by Gasteiger charge is 2.26. The number of aliphatic hydroxyl groups is 1. The minimum absolute atomic E-state index is 0.0219. The number of rotatable bonds is 5. The fourth-order valence-electron chi connectivity index (χ4n) is 4.85. The van der Waals surface area contributed by atoms with Crippen molar-refractivity contribution in [3.05, 3.63) is 58.6 Å². The highest BCUT2D eigenvalue weighted by atomic mass is 35.5. The number of carbonyl (C=O) groups is 1. The number of benzene rings is 2. The van der Waals surface area contributed by atoms with Crippen LogP contribution in [0.4, 0.5) is 11.4 Å². The first-order chi connectivity index (χ1) is 15.9. The van der Waals surface area contributed by atoms with Crippen molar-refractivity contribution in [1.82, 2.24) is 5.32 Å². The van der Waals surface area contributed by atoms with E-state index >= 15 is 0 Å². The molecule has 0 spiro atoms. The Bertz CT molecular complexity index is 1000. The van der Waals surface area contributed by atoms with Gasteiger partial charge in [-0.2, -0.15) is 5.26 Å². The van der Waals surface area contributed by atoms with Crippen molar-refractivity contribution in [3.8, 4) is 6.07 Å². The van der Waals surface area contributed by atoms with Gasteiger partial charge in [0.1, 0.15) is 6.07 Å². The van der Waals surface area contributed by atoms with Crippen LogP contribution in [0, 0.1) is 11.3 Å². The number of amides is 1. The molecule has 1 aliphatic carbocycles. The first-order valence-electron chi connectivity index (χ1n) is 11.7. The van der Waals surface area contributed by atoms with Crippen LogP contribution in [0.25, 0.3) is 0 Å². The zero-order valence-corrected chi connectivity index (χ0v) is 19.8. The van der Waals surface area contributed by atoms with Crippen molar-refractivity contribution in [2.24, 2.45) is 0 Å². The molecule has 2 aromatic rings. The maximum Gasteiger partial charge on any atom is 0.251 e. The summed E-state index contributed by atoms with van der Waals surface area (Å²) in [7, 11) is 2.06. The summed E-state index contributed by atoms with van der Waals surface area (Å²) in [5.74, 6) is -0.0219. The van der Waals surface area contributed by atoms with Crippen LogP contribution in [0.15, 0.2) is 42.5 Å². The summed E-state index contributed by atoms with van der Waals surface area (Å²) in [6.07, 6.45) is 5.22. The van der Waals surface area contributed by atoms with Crippen molar-refractivity contribution in [2.75, 3.05) is 29.9 Å². The van der Waals surface area contributed by atoms with Gasteiger partial charge in [-0.05, 0) is 81.0 Å². The number of nitrogens with one attached hydrogen (secondary N) is 1. The second kappa shape index (κ2) is 10.5. The smallest absolute Gasteiger partial charge is 0.251 e. The normalized spacial score (nSPS) is 21.3. The molecule has 7 heteroatoms. The second-order valence-electron chi connectivity index (χ2n) is 9.13. The Morgan fingerprint density at radius 3 is 2.36 bits per heavy atom. The molecular weight excluding hydrogens is 436 g/mol. The van der Waals surface area contributed by atoms with Gasteiger partial charge in [0.25, 0.3) is 5.91 Å². The molecule has 0 aromatic heterocycles. The number of nitriles is 1. The van der Waals surface area contributed by atoms with E-state index < -0.39 is 0 Å². The number of halogens is 1. The zero-order valence-electron chi connectivity index (χ0n) is 19.0. The average molecular weight is 467 g/mol. The first kappa shape index (κ1) is 23.4. The number of anilines is 2. The van der Waals surface area contributed by atoms with Crippen molar-refractivity contribution < 1.29 is 9.90 Å². The van der Waals surface area contributed by atoms with E-state index in [0.29, 0.717) is 22.2 Å². The van der Waals surface area contributed by atoms with Crippen molar-refractivity contribution in [1.29, 1.82) is 5.26 Å². The van der Waals surface area contributed by atoms with E-state index in [-0.39, 0.29) is 18.1 Å². The maximum absolute atomic E-state index is 12.8. The highest BCUT2D eigenvalue weighted by Crippen LogP contribution is 2.29. The molecule has 1 amide bonds. The third-order valence-corrected chi connectivity index (χ3v) is 7.33. The average Bonchev–Trinajstić information content (AvgIpc) is 2.84. The van der Waals surface area contributed by atoms with Crippen LogP contribution in [0.2, 0.25) is 5.02 Å². The van der Waals surface area contributed by atoms with Crippen LogP contribution in [0.5, 0.6) is 0 Å². The van der Waals surface area contributed by atoms with Gasteiger partial charge in [0, 0.05) is 49.2 Å². The van der Waals surface area contributed by atoms with Crippen LogP contribution in [-0.4, -0.2) is 49.3 Å². The van der Waals surface area contributed by atoms with Gasteiger partial charge in [-0.25, -0.2) is 0 Å². The molecule has 174 valence electrons. The van der Waals surface area contributed by atoms with Gasteiger partial charge < -0.3 is 20.2 Å². The Labute approximate surface area is 200 Å². The summed E-state index contributed by atoms with van der Waals surface area (Å²) in [6.45, 7) is 1.69. The lowest BCUT2D eigenvalue weighted by molar-refractivity contribution is 0.0926. The molecule has 4 rings (SSSR count). The molecule has 0 bridgehead atoms. The van der Waals surface area contributed by atoms with Gasteiger partial charge in [0.05, 0.1) is 16.7 Å². The number of nitrogens with zero attached hydrogens (tertiary/aromatic N) is 3. The number of piperidine rings is 1. The van der Waals surface area contributed by atoms with E-state index in [1.807, 2.05) is 36.4 Å². The summed E-state index contributed by atoms with van der Waals surface area (Å²) in [4.78, 5) is 17.3. The van der Waals surface area contributed by atoms with E-state index in [1.54, 1.807) is 6.07 Å². The minimum atomic E-state index is -0.192. The van der Waals surface area contributed by atoms with Gasteiger partial charge in [0.2, 0.25) is 0 Å². The van der Waals surface area contributed by atoms with Crippen LogP contribution in [-0.2, 0) is 0 Å². The van der Waals surface area contributed by atoms with Crippen LogP contribution < -0.4 is 15.1 Å². The predicted molar refractivity (Wildman–Crippen MR) is 132 cm³/mol. The molecule has 1 heterocycles. The lowest BCUT2D eigenvalue weighted by Gasteiger charge is -2.36. The van der Waals surface area contributed by atoms with Crippen LogP contribution in [0.3, 0.4) is 0 Å². The Morgan fingerprint density at radius 2 is 1.76 bits per heavy atom. The molecular formula is C26H31ClN4O2.